The molecule has 0 spiro atoms. The molecule has 0 aliphatic heterocycles. The van der Waals surface area contributed by atoms with E-state index in [0.717, 1.165) is 20.7 Å². The number of rotatable bonds is 7. The number of esters is 1. The van der Waals surface area contributed by atoms with Crippen molar-refractivity contribution in [2.75, 3.05) is 13.7 Å². The molecule has 9 heteroatoms. The average molecular weight is 489 g/mol. The number of nitrogens with zero attached hydrogens (tertiary/aromatic N) is 2. The highest BCUT2D eigenvalue weighted by atomic mass is 32.2. The first-order valence-corrected chi connectivity index (χ1v) is 12.8. The van der Waals surface area contributed by atoms with Gasteiger partial charge in [-0.15, -0.1) is 11.3 Å². The summed E-state index contributed by atoms with van der Waals surface area (Å²) in [4.78, 5) is 22.3. The van der Waals surface area contributed by atoms with Crippen molar-refractivity contribution in [2.24, 2.45) is 0 Å². The summed E-state index contributed by atoms with van der Waals surface area (Å²) in [6.45, 7) is 9.82. The molecule has 0 N–H and O–H groups in total. The highest BCUT2D eigenvalue weighted by Crippen LogP contribution is 2.31. The number of ether oxygens (including phenoxy) is 1. The first-order chi connectivity index (χ1) is 15.5. The predicted molar refractivity (Wildman–Crippen MR) is 129 cm³/mol. The molecule has 1 heterocycles. The molecule has 2 aromatic carbocycles. The number of benzene rings is 2. The van der Waals surface area contributed by atoms with Crippen molar-refractivity contribution in [1.82, 2.24) is 9.45 Å². The predicted octanol–water partition coefficient (Wildman–Crippen LogP) is 5.21. The molecule has 3 rings (SSSR count). The second kappa shape index (κ2) is 9.62. The minimum Gasteiger partial charge on any atom is -0.465 e. The van der Waals surface area contributed by atoms with Crippen LogP contribution in [0.25, 0.3) is 11.3 Å². The molecule has 0 aliphatic carbocycles. The summed E-state index contributed by atoms with van der Waals surface area (Å²) in [5.74, 6) is -0.225. The summed E-state index contributed by atoms with van der Waals surface area (Å²) in [5.41, 5.74) is 2.58. The van der Waals surface area contributed by atoms with Gasteiger partial charge in [0, 0.05) is 22.9 Å². The number of carbonyl (C=O) groups is 1. The van der Waals surface area contributed by atoms with Crippen LogP contribution >= 0.6 is 11.3 Å². The van der Waals surface area contributed by atoms with Gasteiger partial charge in [-0.1, -0.05) is 26.8 Å². The summed E-state index contributed by atoms with van der Waals surface area (Å²) in [7, 11) is -2.76. The van der Waals surface area contributed by atoms with E-state index in [2.05, 4.69) is 20.8 Å². The number of aromatic nitrogens is 1. The zero-order valence-electron chi connectivity index (χ0n) is 19.6. The molecule has 3 aromatic rings. The number of hydrogen-bond donors (Lipinski definition) is 0. The van der Waals surface area contributed by atoms with Crippen LogP contribution in [-0.4, -0.2) is 37.5 Å². The fourth-order valence-electron chi connectivity index (χ4n) is 3.05. The van der Waals surface area contributed by atoms with E-state index in [0.29, 0.717) is 11.3 Å². The van der Waals surface area contributed by atoms with Crippen molar-refractivity contribution in [2.45, 2.75) is 44.9 Å². The zero-order chi connectivity index (χ0) is 24.4. The van der Waals surface area contributed by atoms with Crippen LogP contribution in [0.3, 0.4) is 0 Å². The van der Waals surface area contributed by atoms with E-state index in [9.17, 15) is 13.2 Å². The Hall–Kier alpha value is -2.75. The summed E-state index contributed by atoms with van der Waals surface area (Å²) in [6.07, 6.45) is 0. The topological polar surface area (TPSA) is 85.8 Å². The third-order valence-electron chi connectivity index (χ3n) is 4.94. The molecule has 33 heavy (non-hydrogen) atoms. The molecular weight excluding hydrogens is 460 g/mol. The molecular formula is C24H28N2O5S2. The van der Waals surface area contributed by atoms with E-state index in [1.807, 2.05) is 17.5 Å². The number of methoxy groups -OCH3 is 1. The maximum atomic E-state index is 13.2. The molecule has 1 aromatic heterocycles. The number of sulfonamides is 1. The van der Waals surface area contributed by atoms with Gasteiger partial charge in [0.1, 0.15) is 5.75 Å². The fraction of sp³-hybridized carbons (Fsp3) is 0.333. The number of thiazole rings is 1. The van der Waals surface area contributed by atoms with Crippen molar-refractivity contribution in [3.05, 3.63) is 64.0 Å². The van der Waals surface area contributed by atoms with Gasteiger partial charge < -0.3 is 9.57 Å². The molecule has 176 valence electrons. The highest BCUT2D eigenvalue weighted by molar-refractivity contribution is 7.89. The Labute approximate surface area is 199 Å². The lowest BCUT2D eigenvalue weighted by molar-refractivity contribution is 0.0415. The van der Waals surface area contributed by atoms with Gasteiger partial charge in [0.25, 0.3) is 10.0 Å². The van der Waals surface area contributed by atoms with Crippen LogP contribution < -0.4 is 4.84 Å². The lowest BCUT2D eigenvalue weighted by Gasteiger charge is -2.21. The van der Waals surface area contributed by atoms with Gasteiger partial charge in [-0.05, 0) is 60.3 Å². The molecule has 0 saturated carbocycles. The van der Waals surface area contributed by atoms with E-state index in [1.165, 1.54) is 19.2 Å². The second-order valence-corrected chi connectivity index (χ2v) is 11.2. The highest BCUT2D eigenvalue weighted by Gasteiger charge is 2.27. The Morgan fingerprint density at radius 3 is 2.33 bits per heavy atom. The number of hydroxylamine groups is 1. The van der Waals surface area contributed by atoms with Gasteiger partial charge in [0.2, 0.25) is 0 Å². The van der Waals surface area contributed by atoms with Crippen LogP contribution in [0, 0.1) is 6.92 Å². The number of aryl methyl sites for hydroxylation is 1. The maximum absolute atomic E-state index is 13.2. The third kappa shape index (κ3) is 5.43. The first kappa shape index (κ1) is 24.9. The normalized spacial score (nSPS) is 12.1. The minimum absolute atomic E-state index is 0.0222. The van der Waals surface area contributed by atoms with Gasteiger partial charge in [0.05, 0.1) is 28.3 Å². The van der Waals surface area contributed by atoms with Crippen LogP contribution in [0.2, 0.25) is 0 Å². The lowest BCUT2D eigenvalue weighted by Crippen LogP contribution is -2.34. The minimum atomic E-state index is -4.01. The van der Waals surface area contributed by atoms with Crippen LogP contribution in [0.5, 0.6) is 5.75 Å². The van der Waals surface area contributed by atoms with Gasteiger partial charge >= 0.3 is 5.97 Å². The Balaban J connectivity index is 1.83. The molecule has 0 bridgehead atoms. The molecule has 0 radical (unpaired) electrons. The van der Waals surface area contributed by atoms with E-state index in [-0.39, 0.29) is 22.4 Å². The second-order valence-electron chi connectivity index (χ2n) is 8.50. The van der Waals surface area contributed by atoms with E-state index >= 15 is 0 Å². The van der Waals surface area contributed by atoms with Crippen LogP contribution in [0.4, 0.5) is 0 Å². The monoisotopic (exact) mass is 488 g/mol. The molecule has 0 fully saturated rings. The standard InChI is InChI=1S/C24H28N2O5S2/c1-7-26(33(28,29)19-13-8-16(2)20(14-19)22(27)30-6)31-18-11-9-17(10-12-18)21-15-32-23(25-21)24(3,4)5/h8-15H,7H2,1-6H3. The Morgan fingerprint density at radius 1 is 1.12 bits per heavy atom. The van der Waals surface area contributed by atoms with E-state index < -0.39 is 16.0 Å². The average Bonchev–Trinajstić information content (AvgIpc) is 3.28. The third-order valence-corrected chi connectivity index (χ3v) is 7.93. The molecule has 0 amide bonds. The summed E-state index contributed by atoms with van der Waals surface area (Å²) in [6, 6.07) is 11.4. The summed E-state index contributed by atoms with van der Waals surface area (Å²) >= 11 is 1.61. The summed E-state index contributed by atoms with van der Waals surface area (Å²) < 4.78 is 32.0. The molecule has 0 unspecified atom stereocenters. The van der Waals surface area contributed by atoms with Gasteiger partial charge in [-0.25, -0.2) is 18.2 Å². The molecule has 0 aliphatic rings. The van der Waals surface area contributed by atoms with Crippen LogP contribution in [0.15, 0.2) is 52.7 Å². The van der Waals surface area contributed by atoms with Crippen molar-refractivity contribution in [1.29, 1.82) is 0 Å². The fourth-order valence-corrected chi connectivity index (χ4v) is 5.23. The number of carbonyl (C=O) groups excluding carboxylic acids is 1. The smallest absolute Gasteiger partial charge is 0.338 e. The Kier molecular flexibility index (Phi) is 7.26. The molecule has 0 atom stereocenters. The Bertz CT molecular complexity index is 1240. The van der Waals surface area contributed by atoms with Crippen molar-refractivity contribution < 1.29 is 22.8 Å². The van der Waals surface area contributed by atoms with E-state index in [4.69, 9.17) is 14.6 Å². The lowest BCUT2D eigenvalue weighted by atomic mass is 9.98. The molecule has 7 nitrogen and oxygen atoms in total. The van der Waals surface area contributed by atoms with Gasteiger partial charge in [-0.3, -0.25) is 0 Å². The van der Waals surface area contributed by atoms with Crippen molar-refractivity contribution in [3.8, 4) is 17.0 Å². The largest absolute Gasteiger partial charge is 0.465 e. The van der Waals surface area contributed by atoms with Crippen LogP contribution in [0.1, 0.15) is 48.6 Å². The maximum Gasteiger partial charge on any atom is 0.338 e. The van der Waals surface area contributed by atoms with Gasteiger partial charge in [0.15, 0.2) is 0 Å². The quantitative estimate of drug-likeness (QED) is 0.335. The van der Waals surface area contributed by atoms with Crippen molar-refractivity contribution >= 4 is 27.3 Å². The number of hydrogen-bond acceptors (Lipinski definition) is 7. The summed E-state index contributed by atoms with van der Waals surface area (Å²) in [5, 5.41) is 3.06. The van der Waals surface area contributed by atoms with Gasteiger partial charge in [-0.2, -0.15) is 0 Å². The first-order valence-electron chi connectivity index (χ1n) is 10.4. The zero-order valence-corrected chi connectivity index (χ0v) is 21.2. The molecule has 0 saturated heterocycles. The Morgan fingerprint density at radius 2 is 1.79 bits per heavy atom. The van der Waals surface area contributed by atoms with E-state index in [1.54, 1.807) is 43.4 Å². The SMILES string of the molecule is CCN(Oc1ccc(-c2csc(C(C)(C)C)n2)cc1)S(=O)(=O)c1ccc(C)c(C(=O)OC)c1. The van der Waals surface area contributed by atoms with Crippen molar-refractivity contribution in [3.63, 3.8) is 0 Å². The van der Waals surface area contributed by atoms with Crippen LogP contribution in [-0.2, 0) is 20.2 Å².